The van der Waals surface area contributed by atoms with E-state index in [9.17, 15) is 14.4 Å². The van der Waals surface area contributed by atoms with Crippen LogP contribution in [0.5, 0.6) is 0 Å². The van der Waals surface area contributed by atoms with Crippen molar-refractivity contribution in [2.75, 3.05) is 18.4 Å². The summed E-state index contributed by atoms with van der Waals surface area (Å²) < 4.78 is 19.6. The van der Waals surface area contributed by atoms with Crippen LogP contribution in [0, 0.1) is 23.1 Å². The number of nitrogens with zero attached hydrogens (tertiary/aromatic N) is 5. The van der Waals surface area contributed by atoms with Gasteiger partial charge in [-0.25, -0.2) is 4.39 Å². The van der Waals surface area contributed by atoms with E-state index >= 15 is 0 Å². The summed E-state index contributed by atoms with van der Waals surface area (Å²) in [5.74, 6) is -1.06. The number of amides is 1. The molecule has 30 heavy (non-hydrogen) atoms. The van der Waals surface area contributed by atoms with Crippen LogP contribution >= 0.6 is 0 Å². The van der Waals surface area contributed by atoms with Gasteiger partial charge in [-0.15, -0.1) is 0 Å². The first-order chi connectivity index (χ1) is 14.5. The Labute approximate surface area is 171 Å². The summed E-state index contributed by atoms with van der Waals surface area (Å²) in [5, 5.41) is 21.1. The molecule has 2 atom stereocenters. The first kappa shape index (κ1) is 19.6. The Kier molecular flexibility index (Phi) is 5.45. The molecule has 3 aromatic rings. The molecule has 10 heteroatoms. The SMILES string of the molecule is N#C[C@@H]1CN(Cc2ccon2)CC[C@H]1n1cc(C(N)=O)c(Nc2ccc(F)cc2)n1. The molecule has 3 heterocycles. The molecule has 154 valence electrons. The zero-order chi connectivity index (χ0) is 21.1. The van der Waals surface area contributed by atoms with E-state index in [1.54, 1.807) is 29.1 Å². The van der Waals surface area contributed by atoms with Gasteiger partial charge in [0.15, 0.2) is 5.82 Å². The van der Waals surface area contributed by atoms with Gasteiger partial charge in [0.2, 0.25) is 0 Å². The number of benzene rings is 1. The number of hydrogen-bond acceptors (Lipinski definition) is 7. The Morgan fingerprint density at radius 3 is 2.83 bits per heavy atom. The minimum Gasteiger partial charge on any atom is -0.365 e. The second-order valence-corrected chi connectivity index (χ2v) is 7.19. The number of anilines is 2. The van der Waals surface area contributed by atoms with E-state index in [4.69, 9.17) is 10.3 Å². The van der Waals surface area contributed by atoms with Gasteiger partial charge in [0.05, 0.1) is 23.7 Å². The van der Waals surface area contributed by atoms with Crippen molar-refractivity contribution < 1.29 is 13.7 Å². The number of piperidine rings is 1. The van der Waals surface area contributed by atoms with Crippen molar-refractivity contribution >= 4 is 17.4 Å². The van der Waals surface area contributed by atoms with Crippen molar-refractivity contribution in [3.63, 3.8) is 0 Å². The normalized spacial score (nSPS) is 19.3. The van der Waals surface area contributed by atoms with Gasteiger partial charge in [0.25, 0.3) is 5.91 Å². The Balaban J connectivity index is 1.53. The van der Waals surface area contributed by atoms with Crippen molar-refractivity contribution in [2.45, 2.75) is 19.0 Å². The van der Waals surface area contributed by atoms with E-state index in [1.165, 1.54) is 18.4 Å². The van der Waals surface area contributed by atoms with Gasteiger partial charge in [-0.2, -0.15) is 10.4 Å². The number of nitriles is 1. The molecule has 2 aromatic heterocycles. The lowest BCUT2D eigenvalue weighted by molar-refractivity contribution is 0.100. The second kappa shape index (κ2) is 8.34. The number of halogens is 1. The van der Waals surface area contributed by atoms with Crippen LogP contribution in [0.25, 0.3) is 0 Å². The van der Waals surface area contributed by atoms with Crippen molar-refractivity contribution in [1.29, 1.82) is 5.26 Å². The summed E-state index contributed by atoms with van der Waals surface area (Å²) in [4.78, 5) is 14.1. The van der Waals surface area contributed by atoms with Gasteiger partial charge in [-0.3, -0.25) is 14.4 Å². The summed E-state index contributed by atoms with van der Waals surface area (Å²) in [7, 11) is 0. The third kappa shape index (κ3) is 4.16. The number of carbonyl (C=O) groups excluding carboxylic acids is 1. The number of nitrogens with two attached hydrogens (primary N) is 1. The Hall–Kier alpha value is -3.71. The number of primary amides is 1. The molecule has 1 amide bonds. The van der Waals surface area contributed by atoms with Crippen LogP contribution in [0.3, 0.4) is 0 Å². The highest BCUT2D eigenvalue weighted by atomic mass is 19.1. The Bertz CT molecular complexity index is 1060. The van der Waals surface area contributed by atoms with Crippen LogP contribution in [-0.4, -0.2) is 38.8 Å². The fourth-order valence-corrected chi connectivity index (χ4v) is 3.65. The molecule has 0 radical (unpaired) electrons. The maximum absolute atomic E-state index is 13.1. The summed E-state index contributed by atoms with van der Waals surface area (Å²) in [6.07, 6.45) is 3.76. The van der Waals surface area contributed by atoms with E-state index in [0.717, 1.165) is 12.2 Å². The van der Waals surface area contributed by atoms with Crippen molar-refractivity contribution in [2.24, 2.45) is 11.7 Å². The predicted octanol–water partition coefficient (Wildman–Crippen LogP) is 2.44. The fraction of sp³-hybridized carbons (Fsp3) is 0.300. The van der Waals surface area contributed by atoms with Gasteiger partial charge >= 0.3 is 0 Å². The van der Waals surface area contributed by atoms with E-state index in [0.29, 0.717) is 25.2 Å². The molecular formula is C20H20FN7O2. The number of aromatic nitrogens is 3. The monoisotopic (exact) mass is 409 g/mol. The predicted molar refractivity (Wildman–Crippen MR) is 105 cm³/mol. The highest BCUT2D eigenvalue weighted by Gasteiger charge is 2.32. The molecular weight excluding hydrogens is 389 g/mol. The van der Waals surface area contributed by atoms with E-state index in [2.05, 4.69) is 26.5 Å². The summed E-state index contributed by atoms with van der Waals surface area (Å²) in [6.45, 7) is 1.88. The molecule has 3 N–H and O–H groups in total. The van der Waals surface area contributed by atoms with Crippen molar-refractivity contribution in [1.82, 2.24) is 19.8 Å². The first-order valence-electron chi connectivity index (χ1n) is 9.46. The van der Waals surface area contributed by atoms with Crippen LogP contribution in [0.4, 0.5) is 15.9 Å². The fourth-order valence-electron chi connectivity index (χ4n) is 3.65. The van der Waals surface area contributed by atoms with E-state index < -0.39 is 5.91 Å². The minimum atomic E-state index is -0.636. The van der Waals surface area contributed by atoms with Crippen molar-refractivity contribution in [3.8, 4) is 6.07 Å². The summed E-state index contributed by atoms with van der Waals surface area (Å²) in [5.41, 5.74) is 7.11. The maximum Gasteiger partial charge on any atom is 0.254 e. The maximum atomic E-state index is 13.1. The zero-order valence-electron chi connectivity index (χ0n) is 16.0. The average Bonchev–Trinajstić information content (AvgIpc) is 3.39. The highest BCUT2D eigenvalue weighted by Crippen LogP contribution is 2.30. The van der Waals surface area contributed by atoms with Gasteiger partial charge < -0.3 is 15.6 Å². The standard InChI is InChI=1S/C20H20FN7O2/c21-14-1-3-15(4-2-14)24-20-17(19(23)29)12-28(25-20)18-5-7-27(10-13(18)9-22)11-16-6-8-30-26-16/h1-4,6,8,12-13,18H,5,7,10-11H2,(H2,23,29)(H,24,25)/t13-,18-/m1/s1. The lowest BCUT2D eigenvalue weighted by Crippen LogP contribution is -2.40. The number of likely N-dealkylation sites (tertiary alicyclic amines) is 1. The molecule has 1 saturated heterocycles. The molecule has 0 unspecified atom stereocenters. The van der Waals surface area contributed by atoms with Gasteiger partial charge in [0.1, 0.15) is 17.6 Å². The smallest absolute Gasteiger partial charge is 0.254 e. The van der Waals surface area contributed by atoms with Crippen LogP contribution in [0.1, 0.15) is 28.5 Å². The van der Waals surface area contributed by atoms with E-state index in [1.807, 2.05) is 0 Å². The quantitative estimate of drug-likeness (QED) is 0.640. The molecule has 9 nitrogen and oxygen atoms in total. The number of nitrogens with one attached hydrogen (secondary N) is 1. The summed E-state index contributed by atoms with van der Waals surface area (Å²) in [6, 6.07) is 9.64. The van der Waals surface area contributed by atoms with E-state index in [-0.39, 0.29) is 29.2 Å². The van der Waals surface area contributed by atoms with Crippen LogP contribution in [0.2, 0.25) is 0 Å². The largest absolute Gasteiger partial charge is 0.365 e. The molecule has 1 aromatic carbocycles. The zero-order valence-corrected chi connectivity index (χ0v) is 16.0. The molecule has 1 fully saturated rings. The molecule has 1 aliphatic rings. The van der Waals surface area contributed by atoms with Crippen LogP contribution in [0.15, 0.2) is 47.3 Å². The molecule has 0 bridgehead atoms. The van der Waals surface area contributed by atoms with Gasteiger partial charge in [-0.05, 0) is 30.7 Å². The first-order valence-corrected chi connectivity index (χ1v) is 9.46. The average molecular weight is 409 g/mol. The molecule has 0 aliphatic carbocycles. The molecule has 4 rings (SSSR count). The van der Waals surface area contributed by atoms with Crippen LogP contribution in [-0.2, 0) is 6.54 Å². The topological polar surface area (TPSA) is 126 Å². The van der Waals surface area contributed by atoms with Crippen LogP contribution < -0.4 is 11.1 Å². The Morgan fingerprint density at radius 1 is 1.37 bits per heavy atom. The number of carbonyl (C=O) groups is 1. The molecule has 0 saturated carbocycles. The Morgan fingerprint density at radius 2 is 2.17 bits per heavy atom. The highest BCUT2D eigenvalue weighted by molar-refractivity contribution is 5.98. The third-order valence-corrected chi connectivity index (χ3v) is 5.15. The molecule has 1 aliphatic heterocycles. The van der Waals surface area contributed by atoms with Gasteiger partial charge in [-0.1, -0.05) is 5.16 Å². The number of hydrogen-bond donors (Lipinski definition) is 2. The molecule has 0 spiro atoms. The lowest BCUT2D eigenvalue weighted by Gasteiger charge is -2.34. The third-order valence-electron chi connectivity index (χ3n) is 5.15. The minimum absolute atomic E-state index is 0.203. The van der Waals surface area contributed by atoms with Gasteiger partial charge in [0, 0.05) is 37.6 Å². The lowest BCUT2D eigenvalue weighted by atomic mass is 9.93. The second-order valence-electron chi connectivity index (χ2n) is 7.19. The number of rotatable bonds is 6. The summed E-state index contributed by atoms with van der Waals surface area (Å²) >= 11 is 0. The van der Waals surface area contributed by atoms with Crippen molar-refractivity contribution in [3.05, 3.63) is 59.9 Å².